The van der Waals surface area contributed by atoms with Gasteiger partial charge in [0.25, 0.3) is 5.91 Å². The van der Waals surface area contributed by atoms with E-state index in [0.29, 0.717) is 22.0 Å². The second-order valence-electron chi connectivity index (χ2n) is 6.41. The number of carbonyl (C=O) groups is 2. The number of rotatable bonds is 6. The van der Waals surface area contributed by atoms with E-state index < -0.39 is 11.9 Å². The number of carbonyl (C=O) groups excluding carboxylic acids is 2. The van der Waals surface area contributed by atoms with Gasteiger partial charge in [-0.15, -0.1) is 0 Å². The van der Waals surface area contributed by atoms with Crippen LogP contribution in [-0.2, 0) is 4.79 Å². The van der Waals surface area contributed by atoms with Gasteiger partial charge in [0, 0.05) is 5.02 Å². The van der Waals surface area contributed by atoms with E-state index in [1.807, 2.05) is 6.07 Å². The Morgan fingerprint density at radius 2 is 1.75 bits per heavy atom. The molecule has 3 aromatic rings. The van der Waals surface area contributed by atoms with Crippen molar-refractivity contribution in [2.24, 2.45) is 0 Å². The van der Waals surface area contributed by atoms with Gasteiger partial charge in [0.05, 0.1) is 23.4 Å². The molecule has 0 aliphatic carbocycles. The second kappa shape index (κ2) is 10.5. The zero-order valence-electron chi connectivity index (χ0n) is 16.8. The summed E-state index contributed by atoms with van der Waals surface area (Å²) in [6.45, 7) is 0. The maximum Gasteiger partial charge on any atom is 0.345 e. The third kappa shape index (κ3) is 5.67. The molecule has 0 fully saturated rings. The summed E-state index contributed by atoms with van der Waals surface area (Å²) in [7, 11) is 1.49. The fraction of sp³-hybridized carbons (Fsp3) is 0.0417. The third-order valence-corrected chi connectivity index (χ3v) is 4.82. The zero-order chi connectivity index (χ0) is 23.1. The fourth-order valence-corrected chi connectivity index (χ4v) is 3.19. The van der Waals surface area contributed by atoms with Crippen LogP contribution in [0.2, 0.25) is 10.0 Å². The summed E-state index contributed by atoms with van der Waals surface area (Å²) in [6, 6.07) is 19.5. The standard InChI is InChI=1S/C24H16Cl2N2O4/c1-31-22-5-3-2-4-21(22)28-23(29)16(14-27)12-15-6-9-18(10-7-15)32-24(30)19-11-8-17(25)13-20(19)26/h2-13H,1H3,(H,28,29)/b16-12+. The fourth-order valence-electron chi connectivity index (χ4n) is 2.70. The molecule has 3 rings (SSSR count). The molecule has 0 atom stereocenters. The molecule has 1 N–H and O–H groups in total. The van der Waals surface area contributed by atoms with Gasteiger partial charge < -0.3 is 14.8 Å². The molecular formula is C24H16Cl2N2O4. The van der Waals surface area contributed by atoms with E-state index in [9.17, 15) is 14.9 Å². The Labute approximate surface area is 194 Å². The van der Waals surface area contributed by atoms with E-state index in [-0.39, 0.29) is 21.9 Å². The lowest BCUT2D eigenvalue weighted by Gasteiger charge is -2.09. The van der Waals surface area contributed by atoms with Crippen LogP contribution < -0.4 is 14.8 Å². The Kier molecular flexibility index (Phi) is 7.50. The molecule has 0 radical (unpaired) electrons. The van der Waals surface area contributed by atoms with Crippen molar-refractivity contribution in [1.29, 1.82) is 5.26 Å². The number of anilines is 1. The molecule has 3 aromatic carbocycles. The average Bonchev–Trinajstić information content (AvgIpc) is 2.78. The second-order valence-corrected chi connectivity index (χ2v) is 7.25. The number of nitrogens with zero attached hydrogens (tertiary/aromatic N) is 1. The molecule has 8 heteroatoms. The summed E-state index contributed by atoms with van der Waals surface area (Å²) in [6.07, 6.45) is 1.42. The molecule has 32 heavy (non-hydrogen) atoms. The molecule has 0 saturated carbocycles. The van der Waals surface area contributed by atoms with Crippen LogP contribution in [-0.4, -0.2) is 19.0 Å². The highest BCUT2D eigenvalue weighted by Gasteiger charge is 2.14. The van der Waals surface area contributed by atoms with E-state index in [2.05, 4.69) is 5.32 Å². The molecule has 0 aliphatic heterocycles. The van der Waals surface area contributed by atoms with Crippen LogP contribution in [0.3, 0.4) is 0 Å². The number of benzene rings is 3. The Morgan fingerprint density at radius 3 is 2.41 bits per heavy atom. The van der Waals surface area contributed by atoms with Crippen molar-refractivity contribution in [3.63, 3.8) is 0 Å². The summed E-state index contributed by atoms with van der Waals surface area (Å²) < 4.78 is 10.5. The minimum absolute atomic E-state index is 0.103. The van der Waals surface area contributed by atoms with Crippen molar-refractivity contribution in [2.45, 2.75) is 0 Å². The van der Waals surface area contributed by atoms with Gasteiger partial charge in [0.2, 0.25) is 0 Å². The SMILES string of the molecule is COc1ccccc1NC(=O)/C(C#N)=C/c1ccc(OC(=O)c2ccc(Cl)cc2Cl)cc1. The quantitative estimate of drug-likeness (QED) is 0.215. The van der Waals surface area contributed by atoms with Crippen LogP contribution in [0.1, 0.15) is 15.9 Å². The van der Waals surface area contributed by atoms with Crippen molar-refractivity contribution < 1.29 is 19.1 Å². The highest BCUT2D eigenvalue weighted by Crippen LogP contribution is 2.25. The van der Waals surface area contributed by atoms with Crippen LogP contribution in [0.25, 0.3) is 6.08 Å². The molecular weight excluding hydrogens is 451 g/mol. The van der Waals surface area contributed by atoms with E-state index >= 15 is 0 Å². The Balaban J connectivity index is 1.72. The summed E-state index contributed by atoms with van der Waals surface area (Å²) in [4.78, 5) is 24.8. The van der Waals surface area contributed by atoms with E-state index in [1.54, 1.807) is 48.5 Å². The molecule has 6 nitrogen and oxygen atoms in total. The Bertz CT molecular complexity index is 1230. The van der Waals surface area contributed by atoms with E-state index in [0.717, 1.165) is 0 Å². The zero-order valence-corrected chi connectivity index (χ0v) is 18.3. The Hall–Kier alpha value is -3.79. The van der Waals surface area contributed by atoms with Gasteiger partial charge >= 0.3 is 5.97 Å². The monoisotopic (exact) mass is 466 g/mol. The van der Waals surface area contributed by atoms with Crippen LogP contribution in [0, 0.1) is 11.3 Å². The number of amides is 1. The van der Waals surface area contributed by atoms with Gasteiger partial charge in [-0.2, -0.15) is 5.26 Å². The first-order valence-corrected chi connectivity index (χ1v) is 10.0. The third-order valence-electron chi connectivity index (χ3n) is 4.27. The van der Waals surface area contributed by atoms with Crippen LogP contribution in [0.4, 0.5) is 5.69 Å². The number of ether oxygens (including phenoxy) is 2. The number of hydrogen-bond donors (Lipinski definition) is 1. The minimum atomic E-state index is -0.635. The van der Waals surface area contributed by atoms with Crippen molar-refractivity contribution >= 4 is 46.8 Å². The molecule has 0 aromatic heterocycles. The van der Waals surface area contributed by atoms with Crippen molar-refractivity contribution in [1.82, 2.24) is 0 Å². The van der Waals surface area contributed by atoms with Gasteiger partial charge in [0.1, 0.15) is 23.1 Å². The topological polar surface area (TPSA) is 88.4 Å². The molecule has 0 saturated heterocycles. The van der Waals surface area contributed by atoms with Gasteiger partial charge in [-0.05, 0) is 54.1 Å². The van der Waals surface area contributed by atoms with Crippen LogP contribution in [0.15, 0.2) is 72.3 Å². The molecule has 1 amide bonds. The highest BCUT2D eigenvalue weighted by molar-refractivity contribution is 6.36. The predicted octanol–water partition coefficient (Wildman–Crippen LogP) is 5.77. The van der Waals surface area contributed by atoms with Crippen molar-refractivity contribution in [2.75, 3.05) is 12.4 Å². The number of nitrogens with one attached hydrogen (secondary N) is 1. The maximum absolute atomic E-state index is 12.5. The van der Waals surface area contributed by atoms with Gasteiger partial charge in [-0.25, -0.2) is 4.79 Å². The highest BCUT2D eigenvalue weighted by atomic mass is 35.5. The van der Waals surface area contributed by atoms with E-state index in [4.69, 9.17) is 32.7 Å². The molecule has 0 aliphatic rings. The molecule has 0 spiro atoms. The largest absolute Gasteiger partial charge is 0.495 e. The smallest absolute Gasteiger partial charge is 0.345 e. The first-order valence-electron chi connectivity index (χ1n) is 9.24. The lowest BCUT2D eigenvalue weighted by molar-refractivity contribution is -0.112. The lowest BCUT2D eigenvalue weighted by Crippen LogP contribution is -2.14. The lowest BCUT2D eigenvalue weighted by atomic mass is 10.1. The molecule has 0 unspecified atom stereocenters. The minimum Gasteiger partial charge on any atom is -0.495 e. The molecule has 160 valence electrons. The number of esters is 1. The average molecular weight is 467 g/mol. The van der Waals surface area contributed by atoms with Gasteiger partial charge in [-0.3, -0.25) is 4.79 Å². The first kappa shape index (κ1) is 22.9. The number of nitriles is 1. The van der Waals surface area contributed by atoms with Gasteiger partial charge in [0.15, 0.2) is 0 Å². The number of halogens is 2. The Morgan fingerprint density at radius 1 is 1.03 bits per heavy atom. The summed E-state index contributed by atoms with van der Waals surface area (Å²) >= 11 is 11.9. The molecule has 0 bridgehead atoms. The van der Waals surface area contributed by atoms with Crippen molar-refractivity contribution in [3.05, 3.63) is 93.5 Å². The normalized spacial score (nSPS) is 10.8. The number of methoxy groups -OCH3 is 1. The first-order chi connectivity index (χ1) is 15.4. The molecule has 0 heterocycles. The summed E-state index contributed by atoms with van der Waals surface area (Å²) in [5.74, 6) is -0.464. The number of para-hydroxylation sites is 2. The predicted molar refractivity (Wildman–Crippen MR) is 123 cm³/mol. The van der Waals surface area contributed by atoms with Crippen LogP contribution in [0.5, 0.6) is 11.5 Å². The van der Waals surface area contributed by atoms with Gasteiger partial charge in [-0.1, -0.05) is 47.5 Å². The summed E-state index contributed by atoms with van der Waals surface area (Å²) in [5, 5.41) is 12.6. The van der Waals surface area contributed by atoms with E-state index in [1.165, 1.54) is 31.4 Å². The van der Waals surface area contributed by atoms with Crippen LogP contribution >= 0.6 is 23.2 Å². The maximum atomic E-state index is 12.5. The summed E-state index contributed by atoms with van der Waals surface area (Å²) in [5.41, 5.74) is 1.10. The number of hydrogen-bond acceptors (Lipinski definition) is 5. The van der Waals surface area contributed by atoms with Crippen molar-refractivity contribution in [3.8, 4) is 17.6 Å².